The van der Waals surface area contributed by atoms with E-state index in [4.69, 9.17) is 10.00 Å². The second kappa shape index (κ2) is 5.46. The van der Waals surface area contributed by atoms with Gasteiger partial charge in [-0.25, -0.2) is 0 Å². The summed E-state index contributed by atoms with van der Waals surface area (Å²) in [4.78, 5) is 12.2. The first-order valence-corrected chi connectivity index (χ1v) is 8.05. The highest BCUT2D eigenvalue weighted by Crippen LogP contribution is 2.53. The summed E-state index contributed by atoms with van der Waals surface area (Å²) >= 11 is 0. The van der Waals surface area contributed by atoms with Gasteiger partial charge in [-0.2, -0.15) is 5.26 Å². The van der Waals surface area contributed by atoms with Crippen LogP contribution in [0, 0.1) is 34.5 Å². The summed E-state index contributed by atoms with van der Waals surface area (Å²) < 4.78 is 5.65. The van der Waals surface area contributed by atoms with Gasteiger partial charge in [-0.1, -0.05) is 31.9 Å². The van der Waals surface area contributed by atoms with Crippen molar-refractivity contribution in [3.05, 3.63) is 11.6 Å². The lowest BCUT2D eigenvalue weighted by atomic mass is 9.59. The van der Waals surface area contributed by atoms with E-state index in [1.165, 1.54) is 19.3 Å². The molecule has 1 saturated heterocycles. The molecule has 114 valence electrons. The minimum Gasteiger partial charge on any atom is -0.461 e. The summed E-state index contributed by atoms with van der Waals surface area (Å²) in [6.07, 6.45) is 7.08. The van der Waals surface area contributed by atoms with E-state index in [2.05, 4.69) is 31.3 Å². The van der Waals surface area contributed by atoms with Crippen molar-refractivity contribution >= 4 is 5.97 Å². The number of ether oxygens (including phenoxy) is 1. The Morgan fingerprint density at radius 2 is 2.38 bits per heavy atom. The van der Waals surface area contributed by atoms with Crippen LogP contribution in [0.5, 0.6) is 0 Å². The van der Waals surface area contributed by atoms with Gasteiger partial charge >= 0.3 is 5.97 Å². The molecule has 0 spiro atoms. The Labute approximate surface area is 126 Å². The molecule has 0 aromatic rings. The van der Waals surface area contributed by atoms with Gasteiger partial charge in [0.25, 0.3) is 0 Å². The molecule has 21 heavy (non-hydrogen) atoms. The van der Waals surface area contributed by atoms with Crippen LogP contribution in [0.25, 0.3) is 0 Å². The number of rotatable bonds is 3. The smallest absolute Gasteiger partial charge is 0.311 e. The van der Waals surface area contributed by atoms with Crippen LogP contribution >= 0.6 is 0 Å². The van der Waals surface area contributed by atoms with Crippen molar-refractivity contribution in [1.29, 1.82) is 5.26 Å². The Morgan fingerprint density at radius 1 is 1.57 bits per heavy atom. The largest absolute Gasteiger partial charge is 0.461 e. The maximum Gasteiger partial charge on any atom is 0.311 e. The fourth-order valence-corrected chi connectivity index (χ4v) is 4.57. The fraction of sp³-hybridized carbons (Fsp3) is 0.765. The summed E-state index contributed by atoms with van der Waals surface area (Å²) in [5.74, 6) is 0.581. The van der Waals surface area contributed by atoms with Gasteiger partial charge in [0.05, 0.1) is 18.5 Å². The Bertz CT molecular complexity index is 507. The maximum atomic E-state index is 12.2. The zero-order valence-corrected chi connectivity index (χ0v) is 12.9. The molecule has 4 nitrogen and oxygen atoms in total. The van der Waals surface area contributed by atoms with Crippen molar-refractivity contribution in [1.82, 2.24) is 5.32 Å². The Balaban J connectivity index is 1.83. The molecule has 0 bridgehead atoms. The molecule has 3 rings (SSSR count). The first kappa shape index (κ1) is 14.6. The van der Waals surface area contributed by atoms with Gasteiger partial charge in [0.15, 0.2) is 0 Å². The first-order valence-electron chi connectivity index (χ1n) is 8.05. The van der Waals surface area contributed by atoms with Crippen molar-refractivity contribution in [2.24, 2.45) is 23.2 Å². The average Bonchev–Trinajstić information content (AvgIpc) is 2.72. The molecule has 0 aromatic heterocycles. The van der Waals surface area contributed by atoms with Crippen LogP contribution in [-0.2, 0) is 9.53 Å². The van der Waals surface area contributed by atoms with Crippen LogP contribution in [-0.4, -0.2) is 25.2 Å². The van der Waals surface area contributed by atoms with Crippen LogP contribution in [0.4, 0.5) is 0 Å². The van der Waals surface area contributed by atoms with E-state index < -0.39 is 0 Å². The zero-order valence-electron chi connectivity index (χ0n) is 12.9. The minimum absolute atomic E-state index is 0.0328. The Kier molecular flexibility index (Phi) is 3.79. The molecular weight excluding hydrogens is 264 g/mol. The van der Waals surface area contributed by atoms with Crippen LogP contribution in [0.1, 0.15) is 39.5 Å². The summed E-state index contributed by atoms with van der Waals surface area (Å²) in [5.41, 5.74) is 1.76. The highest BCUT2D eigenvalue weighted by molar-refractivity contribution is 5.76. The van der Waals surface area contributed by atoms with Gasteiger partial charge in [-0.05, 0) is 30.6 Å². The number of nitrogens with one attached hydrogen (secondary N) is 1. The molecular formula is C17H24N2O2. The van der Waals surface area contributed by atoms with Crippen molar-refractivity contribution in [2.75, 3.05) is 13.1 Å². The number of carbonyl (C=O) groups excluding carboxylic acids is 1. The summed E-state index contributed by atoms with van der Waals surface area (Å²) in [6, 6.07) is 2.06. The van der Waals surface area contributed by atoms with Crippen LogP contribution in [0.3, 0.4) is 0 Å². The normalized spacial score (nSPS) is 41.6. The second-order valence-electron chi connectivity index (χ2n) is 7.13. The zero-order chi connectivity index (χ0) is 15.0. The molecule has 5 unspecified atom stereocenters. The number of carbonyl (C=O) groups is 1. The maximum absolute atomic E-state index is 12.2. The average molecular weight is 288 g/mol. The van der Waals surface area contributed by atoms with Gasteiger partial charge in [-0.15, -0.1) is 0 Å². The van der Waals surface area contributed by atoms with E-state index in [0.29, 0.717) is 12.5 Å². The van der Waals surface area contributed by atoms with E-state index in [1.54, 1.807) is 5.57 Å². The number of nitrogens with zero attached hydrogens (tertiary/aromatic N) is 1. The molecule has 2 aliphatic carbocycles. The number of hydrogen-bond acceptors (Lipinski definition) is 4. The molecule has 1 aliphatic heterocycles. The minimum atomic E-state index is -0.130. The molecule has 1 heterocycles. The predicted molar refractivity (Wildman–Crippen MR) is 79.2 cm³/mol. The molecule has 5 atom stereocenters. The summed E-state index contributed by atoms with van der Waals surface area (Å²) in [5, 5.41) is 11.7. The Morgan fingerprint density at radius 3 is 3.14 bits per heavy atom. The standard InChI is InChI=1S/C17H24N2O2/c1-11-4-3-5-17(2)9-15-12(8-14(11)17)13(16(20)21-15)10-19-7-6-18/h8,11-13,15,19H,3-5,7,9-10H2,1-2H3. The molecule has 1 N–H and O–H groups in total. The number of nitriles is 1. The van der Waals surface area contributed by atoms with Crippen LogP contribution in [0.2, 0.25) is 0 Å². The van der Waals surface area contributed by atoms with E-state index in [-0.39, 0.29) is 35.9 Å². The van der Waals surface area contributed by atoms with E-state index in [9.17, 15) is 4.79 Å². The van der Waals surface area contributed by atoms with E-state index in [0.717, 1.165) is 6.42 Å². The van der Waals surface area contributed by atoms with Crippen LogP contribution < -0.4 is 5.32 Å². The van der Waals surface area contributed by atoms with Gasteiger partial charge < -0.3 is 10.1 Å². The van der Waals surface area contributed by atoms with Crippen LogP contribution in [0.15, 0.2) is 11.6 Å². The number of fused-ring (bicyclic) bond motifs is 2. The molecule has 2 fully saturated rings. The lowest BCUT2D eigenvalue weighted by Gasteiger charge is -2.46. The quantitative estimate of drug-likeness (QED) is 0.375. The third-order valence-corrected chi connectivity index (χ3v) is 5.65. The topological polar surface area (TPSA) is 62.1 Å². The highest BCUT2D eigenvalue weighted by Gasteiger charge is 2.51. The van der Waals surface area contributed by atoms with Gasteiger partial charge in [-0.3, -0.25) is 4.79 Å². The van der Waals surface area contributed by atoms with Crippen molar-refractivity contribution < 1.29 is 9.53 Å². The lowest BCUT2D eigenvalue weighted by molar-refractivity contribution is -0.145. The third-order valence-electron chi connectivity index (χ3n) is 5.65. The number of esters is 1. The third kappa shape index (κ3) is 2.48. The van der Waals surface area contributed by atoms with Gasteiger partial charge in [0.1, 0.15) is 6.10 Å². The van der Waals surface area contributed by atoms with Crippen molar-refractivity contribution in [2.45, 2.75) is 45.6 Å². The molecule has 0 radical (unpaired) electrons. The Hall–Kier alpha value is -1.34. The molecule has 0 amide bonds. The van der Waals surface area contributed by atoms with Crippen molar-refractivity contribution in [3.8, 4) is 6.07 Å². The number of allylic oxidation sites excluding steroid dienone is 1. The highest BCUT2D eigenvalue weighted by atomic mass is 16.6. The fourth-order valence-electron chi connectivity index (χ4n) is 4.57. The number of hydrogen-bond donors (Lipinski definition) is 1. The summed E-state index contributed by atoms with van der Waals surface area (Å²) in [7, 11) is 0. The summed E-state index contributed by atoms with van der Waals surface area (Å²) in [6.45, 7) is 5.47. The van der Waals surface area contributed by atoms with E-state index in [1.807, 2.05) is 0 Å². The van der Waals surface area contributed by atoms with Crippen molar-refractivity contribution in [3.63, 3.8) is 0 Å². The predicted octanol–water partition coefficient (Wildman–Crippen LogP) is 2.41. The van der Waals surface area contributed by atoms with Gasteiger partial charge in [0, 0.05) is 12.5 Å². The monoisotopic (exact) mass is 288 g/mol. The second-order valence-corrected chi connectivity index (χ2v) is 7.13. The van der Waals surface area contributed by atoms with Gasteiger partial charge in [0.2, 0.25) is 0 Å². The molecule has 4 heteroatoms. The molecule has 0 aromatic carbocycles. The SMILES string of the molecule is CC1CCCC2(C)CC3OC(=O)C(CNCC#N)C3C=C12. The van der Waals surface area contributed by atoms with E-state index >= 15 is 0 Å². The lowest BCUT2D eigenvalue weighted by Crippen LogP contribution is -2.40. The molecule has 3 aliphatic rings. The first-order chi connectivity index (χ1) is 10.0. The molecule has 1 saturated carbocycles.